The van der Waals surface area contributed by atoms with Gasteiger partial charge < -0.3 is 4.74 Å². The van der Waals surface area contributed by atoms with Crippen molar-refractivity contribution in [1.29, 1.82) is 0 Å². The highest BCUT2D eigenvalue weighted by molar-refractivity contribution is 8.13. The number of nitrogens with zero attached hydrogens (tertiary/aromatic N) is 2. The first-order valence-corrected chi connectivity index (χ1v) is 11.4. The van der Waals surface area contributed by atoms with Crippen LogP contribution in [0, 0.1) is 13.8 Å². The number of aryl methyl sites for hydroxylation is 2. The van der Waals surface area contributed by atoms with Crippen LogP contribution in [0.5, 0.6) is 5.75 Å². The van der Waals surface area contributed by atoms with Gasteiger partial charge in [0.05, 0.1) is 5.69 Å². The van der Waals surface area contributed by atoms with Gasteiger partial charge in [-0.05, 0) is 55.3 Å². The Morgan fingerprint density at radius 1 is 0.912 bits per heavy atom. The molecular formula is C26H21F3N2O2S. The monoisotopic (exact) mass is 482 g/mol. The first-order valence-electron chi connectivity index (χ1n) is 10.4. The summed E-state index contributed by atoms with van der Waals surface area (Å²) in [6, 6.07) is 20.9. The third kappa shape index (κ3) is 5.88. The molecule has 0 unspecified atom stereocenters. The second-order valence-corrected chi connectivity index (χ2v) is 8.73. The van der Waals surface area contributed by atoms with E-state index in [2.05, 4.69) is 9.73 Å². The average Bonchev–Trinajstić information content (AvgIpc) is 3.09. The largest absolute Gasteiger partial charge is 0.573 e. The van der Waals surface area contributed by atoms with E-state index in [1.807, 2.05) is 62.4 Å². The molecule has 8 heteroatoms. The van der Waals surface area contributed by atoms with Crippen LogP contribution in [0.25, 0.3) is 6.08 Å². The Labute approximate surface area is 199 Å². The summed E-state index contributed by atoms with van der Waals surface area (Å²) in [5, 5.41) is 0.452. The molecule has 3 aromatic rings. The maximum Gasteiger partial charge on any atom is 0.573 e. The van der Waals surface area contributed by atoms with Gasteiger partial charge in [0, 0.05) is 5.75 Å². The molecule has 4 nitrogen and oxygen atoms in total. The van der Waals surface area contributed by atoms with Crippen molar-refractivity contribution in [3.63, 3.8) is 0 Å². The molecule has 1 heterocycles. The fourth-order valence-corrected chi connectivity index (χ4v) is 4.24. The summed E-state index contributed by atoms with van der Waals surface area (Å²) in [6.45, 7) is 3.98. The molecule has 174 valence electrons. The van der Waals surface area contributed by atoms with E-state index >= 15 is 0 Å². The third-order valence-electron chi connectivity index (χ3n) is 5.03. The van der Waals surface area contributed by atoms with Gasteiger partial charge in [0.15, 0.2) is 5.17 Å². The van der Waals surface area contributed by atoms with Crippen molar-refractivity contribution in [3.8, 4) is 5.75 Å². The first-order chi connectivity index (χ1) is 16.2. The van der Waals surface area contributed by atoms with Crippen molar-refractivity contribution in [2.75, 3.05) is 4.90 Å². The van der Waals surface area contributed by atoms with Crippen molar-refractivity contribution in [2.45, 2.75) is 26.0 Å². The Bertz CT molecular complexity index is 1230. The molecule has 0 aromatic heterocycles. The van der Waals surface area contributed by atoms with Crippen molar-refractivity contribution in [3.05, 3.63) is 101 Å². The van der Waals surface area contributed by atoms with Crippen LogP contribution in [0.4, 0.5) is 18.9 Å². The molecular weight excluding hydrogens is 461 g/mol. The number of carbonyl (C=O) groups excluding carboxylic acids is 1. The van der Waals surface area contributed by atoms with Gasteiger partial charge in [-0.1, -0.05) is 71.4 Å². The molecule has 0 spiro atoms. The van der Waals surface area contributed by atoms with Crippen molar-refractivity contribution in [2.24, 2.45) is 4.99 Å². The fraction of sp³-hybridized carbons (Fsp3) is 0.154. The topological polar surface area (TPSA) is 41.9 Å². The Hall–Kier alpha value is -3.52. The summed E-state index contributed by atoms with van der Waals surface area (Å²) in [7, 11) is 0. The lowest BCUT2D eigenvalue weighted by Crippen LogP contribution is -2.30. The molecule has 0 radical (unpaired) electrons. The molecule has 1 aliphatic rings. The van der Waals surface area contributed by atoms with Gasteiger partial charge >= 0.3 is 6.36 Å². The highest BCUT2D eigenvalue weighted by Gasteiger charge is 2.33. The number of anilines is 1. The number of alkyl halides is 3. The zero-order valence-corrected chi connectivity index (χ0v) is 19.3. The molecule has 0 atom stereocenters. The molecule has 0 aliphatic carbocycles. The van der Waals surface area contributed by atoms with Gasteiger partial charge in [-0.15, -0.1) is 13.2 Å². The van der Waals surface area contributed by atoms with Crippen LogP contribution in [0.3, 0.4) is 0 Å². The van der Waals surface area contributed by atoms with Crippen LogP contribution >= 0.6 is 11.8 Å². The van der Waals surface area contributed by atoms with E-state index in [9.17, 15) is 18.0 Å². The minimum atomic E-state index is -4.79. The summed E-state index contributed by atoms with van der Waals surface area (Å²) in [5.41, 5.74) is 4.80. The molecule has 1 aliphatic heterocycles. The zero-order chi connectivity index (χ0) is 24.3. The Balaban J connectivity index is 1.63. The highest BCUT2D eigenvalue weighted by Crippen LogP contribution is 2.33. The molecule has 4 rings (SSSR count). The van der Waals surface area contributed by atoms with E-state index < -0.39 is 6.36 Å². The van der Waals surface area contributed by atoms with E-state index in [4.69, 9.17) is 0 Å². The number of aliphatic imine (C=N–C) groups is 1. The predicted molar refractivity (Wildman–Crippen MR) is 130 cm³/mol. The number of ether oxygens (including phenoxy) is 1. The second-order valence-electron chi connectivity index (χ2n) is 7.79. The van der Waals surface area contributed by atoms with Gasteiger partial charge in [-0.3, -0.25) is 9.69 Å². The summed E-state index contributed by atoms with van der Waals surface area (Å²) >= 11 is 1.38. The zero-order valence-electron chi connectivity index (χ0n) is 18.5. The van der Waals surface area contributed by atoms with Crippen LogP contribution in [0.1, 0.15) is 22.3 Å². The van der Waals surface area contributed by atoms with Crippen LogP contribution < -0.4 is 9.64 Å². The smallest absolute Gasteiger partial charge is 0.406 e. The van der Waals surface area contributed by atoms with Crippen molar-refractivity contribution < 1.29 is 22.7 Å². The van der Waals surface area contributed by atoms with Gasteiger partial charge in [0.1, 0.15) is 11.4 Å². The number of hydrogen-bond donors (Lipinski definition) is 0. The number of hydrogen-bond acceptors (Lipinski definition) is 4. The van der Waals surface area contributed by atoms with E-state index in [0.29, 0.717) is 16.6 Å². The molecule has 1 amide bonds. The van der Waals surface area contributed by atoms with Crippen LogP contribution in [0.2, 0.25) is 0 Å². The van der Waals surface area contributed by atoms with E-state index in [1.54, 1.807) is 6.08 Å². The third-order valence-corrected chi connectivity index (χ3v) is 6.04. The maximum absolute atomic E-state index is 13.3. The second kappa shape index (κ2) is 9.77. The Morgan fingerprint density at radius 3 is 2.09 bits per heavy atom. The number of rotatable bonds is 5. The summed E-state index contributed by atoms with van der Waals surface area (Å²) < 4.78 is 41.5. The fourth-order valence-electron chi connectivity index (χ4n) is 3.27. The van der Waals surface area contributed by atoms with Gasteiger partial charge in [0.25, 0.3) is 5.91 Å². The van der Waals surface area contributed by atoms with Gasteiger partial charge in [0.2, 0.25) is 0 Å². The number of amides is 1. The van der Waals surface area contributed by atoms with E-state index in [0.717, 1.165) is 22.3 Å². The number of halogens is 3. The number of amidine groups is 1. The quantitative estimate of drug-likeness (QED) is 0.372. The standard InChI is InChI=1S/C26H21F3N2O2S/c1-17-3-7-19(8-4-17)15-23-24(32)31(21-11-13-22(14-12-21)33-26(27,28)29)25(30-23)34-16-20-9-5-18(2)6-10-20/h3-15H,16H2,1-2H3/b23-15-. The number of carbonyl (C=O) groups is 1. The van der Waals surface area contributed by atoms with Crippen LogP contribution in [0.15, 0.2) is 83.5 Å². The summed E-state index contributed by atoms with van der Waals surface area (Å²) in [4.78, 5) is 19.3. The molecule has 0 N–H and O–H groups in total. The van der Waals surface area contributed by atoms with Crippen LogP contribution in [-0.2, 0) is 10.5 Å². The highest BCUT2D eigenvalue weighted by atomic mass is 32.2. The molecule has 0 fully saturated rings. The maximum atomic E-state index is 13.3. The predicted octanol–water partition coefficient (Wildman–Crippen LogP) is 6.88. The average molecular weight is 483 g/mol. The minimum Gasteiger partial charge on any atom is -0.406 e. The molecule has 0 saturated heterocycles. The number of benzene rings is 3. The van der Waals surface area contributed by atoms with E-state index in [-0.39, 0.29) is 17.4 Å². The van der Waals surface area contributed by atoms with Crippen molar-refractivity contribution in [1.82, 2.24) is 0 Å². The first kappa shape index (κ1) is 23.6. The Morgan fingerprint density at radius 2 is 1.50 bits per heavy atom. The van der Waals surface area contributed by atoms with Gasteiger partial charge in [-0.25, -0.2) is 4.99 Å². The molecule has 34 heavy (non-hydrogen) atoms. The number of thioether (sulfide) groups is 1. The normalized spacial score (nSPS) is 15.1. The minimum absolute atomic E-state index is 0.255. The van der Waals surface area contributed by atoms with Crippen molar-refractivity contribution >= 4 is 34.6 Å². The Kier molecular flexibility index (Phi) is 6.79. The molecule has 3 aromatic carbocycles. The molecule has 0 bridgehead atoms. The van der Waals surface area contributed by atoms with Gasteiger partial charge in [-0.2, -0.15) is 0 Å². The summed E-state index contributed by atoms with van der Waals surface area (Å²) in [5.74, 6) is -0.128. The SMILES string of the molecule is Cc1ccc(/C=C2\N=C(SCc3ccc(C)cc3)N(c3ccc(OC(F)(F)F)cc3)C2=O)cc1. The lowest BCUT2D eigenvalue weighted by molar-refractivity contribution is -0.274. The van der Waals surface area contributed by atoms with Crippen LogP contribution in [-0.4, -0.2) is 17.4 Å². The molecule has 0 saturated carbocycles. The van der Waals surface area contributed by atoms with E-state index in [1.165, 1.54) is 40.9 Å². The summed E-state index contributed by atoms with van der Waals surface area (Å²) in [6.07, 6.45) is -3.08. The lowest BCUT2D eigenvalue weighted by Gasteiger charge is -2.18. The lowest BCUT2D eigenvalue weighted by atomic mass is 10.1.